The summed E-state index contributed by atoms with van der Waals surface area (Å²) in [6, 6.07) is 48.5. The van der Waals surface area contributed by atoms with Gasteiger partial charge in [0.05, 0.1) is 16.9 Å². The minimum Gasteiger partial charge on any atom is -0.333 e. The van der Waals surface area contributed by atoms with Crippen molar-refractivity contribution in [1.82, 2.24) is 4.57 Å². The van der Waals surface area contributed by atoms with Crippen LogP contribution in [0.4, 0.5) is 11.4 Å². The van der Waals surface area contributed by atoms with Crippen LogP contribution in [0.3, 0.4) is 0 Å². The average molecular weight is 487 g/mol. The zero-order valence-electron chi connectivity index (χ0n) is 21.0. The second-order valence-electron chi connectivity index (χ2n) is 10.1. The molecule has 0 amide bonds. The van der Waals surface area contributed by atoms with Crippen LogP contribution >= 0.6 is 0 Å². The molecular weight excluding hydrogens is 460 g/mol. The van der Waals surface area contributed by atoms with Crippen molar-refractivity contribution in [2.45, 2.75) is 12.5 Å². The molecular formula is C36H26N2. The largest absolute Gasteiger partial charge is 0.333 e. The highest BCUT2D eigenvalue weighted by atomic mass is 15.2. The molecule has 0 fully saturated rings. The van der Waals surface area contributed by atoms with Gasteiger partial charge >= 0.3 is 0 Å². The van der Waals surface area contributed by atoms with Crippen molar-refractivity contribution in [3.05, 3.63) is 150 Å². The number of nitrogens with zero attached hydrogens (tertiary/aromatic N) is 2. The molecule has 0 bridgehead atoms. The number of hydrogen-bond acceptors (Lipinski definition) is 1. The van der Waals surface area contributed by atoms with E-state index in [1.165, 1.54) is 60.8 Å². The number of aromatic nitrogens is 1. The minimum atomic E-state index is 0.280. The molecule has 0 N–H and O–H groups in total. The zero-order valence-corrected chi connectivity index (χ0v) is 21.0. The fraction of sp³-hybridized carbons (Fsp3) is 0.0556. The maximum atomic E-state index is 2.53. The molecule has 1 aromatic heterocycles. The molecule has 5 aromatic carbocycles. The lowest BCUT2D eigenvalue weighted by molar-refractivity contribution is 0.839. The number of rotatable bonds is 3. The Balaban J connectivity index is 1.39. The Labute approximate surface area is 222 Å². The lowest BCUT2D eigenvalue weighted by Gasteiger charge is -2.28. The van der Waals surface area contributed by atoms with Gasteiger partial charge in [0.1, 0.15) is 0 Å². The Bertz CT molecular complexity index is 1930. The van der Waals surface area contributed by atoms with E-state index in [-0.39, 0.29) is 6.04 Å². The first kappa shape index (κ1) is 21.3. The van der Waals surface area contributed by atoms with Gasteiger partial charge in [-0.2, -0.15) is 0 Å². The average Bonchev–Trinajstić information content (AvgIpc) is 3.51. The first-order chi connectivity index (χ1) is 18.9. The van der Waals surface area contributed by atoms with Gasteiger partial charge in [0.15, 0.2) is 0 Å². The van der Waals surface area contributed by atoms with Gasteiger partial charge in [0, 0.05) is 33.2 Å². The first-order valence-electron chi connectivity index (χ1n) is 13.3. The molecule has 0 saturated heterocycles. The highest BCUT2D eigenvalue weighted by Gasteiger charge is 2.37. The SMILES string of the molecule is C1=c2c(c3ccccc3n2-c2ccc(-c3ccccc3)cc2)=C2c3ccccc3N(c3ccccc3)C2C1. The first-order valence-corrected chi connectivity index (χ1v) is 13.3. The normalized spacial score (nSPS) is 15.6. The number of para-hydroxylation sites is 3. The van der Waals surface area contributed by atoms with E-state index in [1.807, 2.05) is 0 Å². The Morgan fingerprint density at radius 3 is 2.03 bits per heavy atom. The summed E-state index contributed by atoms with van der Waals surface area (Å²) in [7, 11) is 0. The van der Waals surface area contributed by atoms with Gasteiger partial charge < -0.3 is 9.47 Å². The molecule has 1 unspecified atom stereocenters. The van der Waals surface area contributed by atoms with Crippen molar-refractivity contribution < 1.29 is 0 Å². The van der Waals surface area contributed by atoms with Gasteiger partial charge in [0.2, 0.25) is 0 Å². The third-order valence-electron chi connectivity index (χ3n) is 8.08. The van der Waals surface area contributed by atoms with E-state index in [1.54, 1.807) is 0 Å². The van der Waals surface area contributed by atoms with Crippen molar-refractivity contribution in [3.8, 4) is 16.8 Å². The molecule has 0 saturated carbocycles. The summed E-state index contributed by atoms with van der Waals surface area (Å²) < 4.78 is 2.45. The number of anilines is 2. The third kappa shape index (κ3) is 3.07. The molecule has 1 aliphatic heterocycles. The van der Waals surface area contributed by atoms with Crippen LogP contribution in [-0.2, 0) is 0 Å². The lowest BCUT2D eigenvalue weighted by Crippen LogP contribution is -2.40. The summed E-state index contributed by atoms with van der Waals surface area (Å²) in [5.74, 6) is 0. The Hall–Kier alpha value is -4.82. The molecule has 2 nitrogen and oxygen atoms in total. The van der Waals surface area contributed by atoms with E-state index in [4.69, 9.17) is 0 Å². The van der Waals surface area contributed by atoms with Crippen LogP contribution in [-0.4, -0.2) is 10.6 Å². The summed E-state index contributed by atoms with van der Waals surface area (Å²) in [5.41, 5.74) is 10.3. The summed E-state index contributed by atoms with van der Waals surface area (Å²) in [4.78, 5) is 2.53. The molecule has 180 valence electrons. The fourth-order valence-electron chi connectivity index (χ4n) is 6.49. The van der Waals surface area contributed by atoms with E-state index in [2.05, 4.69) is 149 Å². The molecule has 0 spiro atoms. The molecule has 1 atom stereocenters. The quantitative estimate of drug-likeness (QED) is 0.257. The van der Waals surface area contributed by atoms with Gasteiger partial charge in [-0.3, -0.25) is 0 Å². The van der Waals surface area contributed by atoms with Gasteiger partial charge in [-0.1, -0.05) is 103 Å². The summed E-state index contributed by atoms with van der Waals surface area (Å²) in [5, 5.41) is 3.99. The van der Waals surface area contributed by atoms with E-state index in [9.17, 15) is 0 Å². The van der Waals surface area contributed by atoms with Crippen molar-refractivity contribution in [2.24, 2.45) is 0 Å². The standard InChI is InChI=1S/C36H26N2/c1-3-11-25(12-4-1)26-19-21-28(22-20-26)38-32-18-10-8-16-30(32)36-34(38)24-23-33-35(36)29-15-7-9-17-31(29)37(33)27-13-5-2-6-14-27/h1-22,24,33H,23H2. The highest BCUT2D eigenvalue weighted by Crippen LogP contribution is 2.45. The Morgan fingerprint density at radius 2 is 1.21 bits per heavy atom. The fourth-order valence-corrected chi connectivity index (χ4v) is 6.49. The summed E-state index contributed by atoms with van der Waals surface area (Å²) in [6.45, 7) is 0. The van der Waals surface area contributed by atoms with Crippen LogP contribution in [0.5, 0.6) is 0 Å². The number of fused-ring (bicyclic) bond motifs is 6. The number of benzene rings is 5. The predicted octanol–water partition coefficient (Wildman–Crippen LogP) is 7.20. The topological polar surface area (TPSA) is 8.17 Å². The second kappa shape index (κ2) is 8.36. The maximum Gasteiger partial charge on any atom is 0.0640 e. The van der Waals surface area contributed by atoms with E-state index in [0.717, 1.165) is 6.42 Å². The van der Waals surface area contributed by atoms with Crippen LogP contribution in [0, 0.1) is 0 Å². The summed E-state index contributed by atoms with van der Waals surface area (Å²) >= 11 is 0. The second-order valence-corrected chi connectivity index (χ2v) is 10.1. The molecule has 8 rings (SSSR count). The van der Waals surface area contributed by atoms with Gasteiger partial charge in [-0.15, -0.1) is 0 Å². The Kier molecular flexibility index (Phi) is 4.68. The van der Waals surface area contributed by atoms with Crippen molar-refractivity contribution >= 4 is 33.9 Å². The third-order valence-corrected chi connectivity index (χ3v) is 8.08. The molecule has 0 radical (unpaired) electrons. The van der Waals surface area contributed by atoms with Crippen molar-refractivity contribution in [3.63, 3.8) is 0 Å². The monoisotopic (exact) mass is 486 g/mol. The molecule has 2 heterocycles. The van der Waals surface area contributed by atoms with Crippen LogP contribution in [0.15, 0.2) is 133 Å². The molecule has 1 aliphatic carbocycles. The van der Waals surface area contributed by atoms with E-state index < -0.39 is 0 Å². The van der Waals surface area contributed by atoms with E-state index >= 15 is 0 Å². The highest BCUT2D eigenvalue weighted by molar-refractivity contribution is 5.97. The number of hydrogen-bond donors (Lipinski definition) is 0. The summed E-state index contributed by atoms with van der Waals surface area (Å²) in [6.07, 6.45) is 3.42. The predicted molar refractivity (Wildman–Crippen MR) is 158 cm³/mol. The van der Waals surface area contributed by atoms with Crippen LogP contribution in [0.25, 0.3) is 39.4 Å². The van der Waals surface area contributed by atoms with Gasteiger partial charge in [-0.25, -0.2) is 0 Å². The Morgan fingerprint density at radius 1 is 0.553 bits per heavy atom. The smallest absolute Gasteiger partial charge is 0.0640 e. The lowest BCUT2D eigenvalue weighted by atomic mass is 9.93. The van der Waals surface area contributed by atoms with Crippen molar-refractivity contribution in [1.29, 1.82) is 0 Å². The van der Waals surface area contributed by atoms with Crippen LogP contribution in [0.2, 0.25) is 0 Å². The molecule has 2 heteroatoms. The molecule has 38 heavy (non-hydrogen) atoms. The minimum absolute atomic E-state index is 0.280. The van der Waals surface area contributed by atoms with Crippen molar-refractivity contribution in [2.75, 3.05) is 4.90 Å². The maximum absolute atomic E-state index is 2.53. The zero-order chi connectivity index (χ0) is 25.1. The van der Waals surface area contributed by atoms with Crippen LogP contribution < -0.4 is 15.5 Å². The molecule has 2 aliphatic rings. The van der Waals surface area contributed by atoms with E-state index in [0.29, 0.717) is 0 Å². The van der Waals surface area contributed by atoms with Gasteiger partial charge in [0.25, 0.3) is 0 Å². The van der Waals surface area contributed by atoms with Crippen LogP contribution in [0.1, 0.15) is 12.0 Å². The molecule has 6 aromatic rings. The van der Waals surface area contributed by atoms with Gasteiger partial charge in [-0.05, 0) is 59.5 Å².